The number of benzene rings is 2. The number of hydrogen-bond donors (Lipinski definition) is 4. The van der Waals surface area contributed by atoms with Gasteiger partial charge in [0.2, 0.25) is 5.91 Å². The Hall–Kier alpha value is -3.55. The van der Waals surface area contributed by atoms with Gasteiger partial charge in [-0.05, 0) is 36.8 Å². The van der Waals surface area contributed by atoms with Gasteiger partial charge < -0.3 is 20.6 Å². The zero-order valence-corrected chi connectivity index (χ0v) is 13.8. The molecule has 0 saturated carbocycles. The van der Waals surface area contributed by atoms with Crippen molar-refractivity contribution >= 4 is 29.2 Å². The standard InChI is InChI=1S/C18H16N2O6/c1-9-2-5-14(21)12(6-9)19-13-8-16(23)20(17(13)24)10-3-4-11(18(25)26)15(22)7-10/h2-7,13,19,21-22H,8H2,1H3,(H,25,26). The number of rotatable bonds is 4. The Kier molecular flexibility index (Phi) is 4.25. The molecule has 1 fully saturated rings. The lowest BCUT2D eigenvalue weighted by atomic mass is 10.1. The number of phenols is 2. The smallest absolute Gasteiger partial charge is 0.339 e. The summed E-state index contributed by atoms with van der Waals surface area (Å²) >= 11 is 0. The molecule has 1 aliphatic heterocycles. The zero-order chi connectivity index (χ0) is 19.0. The molecule has 2 amide bonds. The van der Waals surface area contributed by atoms with Crippen LogP contribution in [0.4, 0.5) is 11.4 Å². The lowest BCUT2D eigenvalue weighted by molar-refractivity contribution is -0.121. The second-order valence-electron chi connectivity index (χ2n) is 6.00. The van der Waals surface area contributed by atoms with Crippen molar-refractivity contribution < 1.29 is 29.7 Å². The van der Waals surface area contributed by atoms with Gasteiger partial charge in [-0.3, -0.25) is 9.59 Å². The lowest BCUT2D eigenvalue weighted by Crippen LogP contribution is -2.34. The number of anilines is 2. The van der Waals surface area contributed by atoms with Crippen LogP contribution in [0.25, 0.3) is 0 Å². The maximum atomic E-state index is 12.6. The van der Waals surface area contributed by atoms with Gasteiger partial charge in [0.15, 0.2) is 0 Å². The van der Waals surface area contributed by atoms with Gasteiger partial charge in [-0.15, -0.1) is 0 Å². The van der Waals surface area contributed by atoms with Crippen LogP contribution in [0.2, 0.25) is 0 Å². The Morgan fingerprint density at radius 2 is 1.85 bits per heavy atom. The number of carbonyl (C=O) groups is 3. The van der Waals surface area contributed by atoms with Gasteiger partial charge in [-0.25, -0.2) is 9.69 Å². The molecule has 0 radical (unpaired) electrons. The highest BCUT2D eigenvalue weighted by molar-refractivity contribution is 6.23. The topological polar surface area (TPSA) is 127 Å². The number of carbonyl (C=O) groups excluding carboxylic acids is 2. The molecule has 2 aromatic rings. The molecular weight excluding hydrogens is 340 g/mol. The normalized spacial score (nSPS) is 16.8. The van der Waals surface area contributed by atoms with Crippen LogP contribution in [0.3, 0.4) is 0 Å². The van der Waals surface area contributed by atoms with E-state index in [9.17, 15) is 24.6 Å². The SMILES string of the molecule is Cc1ccc(O)c(NC2CC(=O)N(c3ccc(C(=O)O)c(O)c3)C2=O)c1. The van der Waals surface area contributed by atoms with E-state index >= 15 is 0 Å². The third-order valence-electron chi connectivity index (χ3n) is 4.10. The fourth-order valence-electron chi connectivity index (χ4n) is 2.81. The Labute approximate surface area is 148 Å². The summed E-state index contributed by atoms with van der Waals surface area (Å²) < 4.78 is 0. The molecule has 8 nitrogen and oxygen atoms in total. The highest BCUT2D eigenvalue weighted by Crippen LogP contribution is 2.31. The molecule has 0 spiro atoms. The predicted octanol–water partition coefficient (Wildman–Crippen LogP) is 1.85. The molecule has 8 heteroatoms. The molecule has 26 heavy (non-hydrogen) atoms. The van der Waals surface area contributed by atoms with Gasteiger partial charge in [0.25, 0.3) is 5.91 Å². The van der Waals surface area contributed by atoms with Crippen LogP contribution in [-0.4, -0.2) is 39.1 Å². The van der Waals surface area contributed by atoms with Crippen LogP contribution >= 0.6 is 0 Å². The summed E-state index contributed by atoms with van der Waals surface area (Å²) in [5.74, 6) is -2.95. The second kappa shape index (κ2) is 6.40. The number of nitrogens with one attached hydrogen (secondary N) is 1. The van der Waals surface area contributed by atoms with Crippen molar-refractivity contribution in [3.05, 3.63) is 47.5 Å². The van der Waals surface area contributed by atoms with E-state index in [1.165, 1.54) is 12.1 Å². The molecule has 1 heterocycles. The zero-order valence-electron chi connectivity index (χ0n) is 13.8. The molecule has 0 aliphatic carbocycles. The van der Waals surface area contributed by atoms with E-state index in [1.54, 1.807) is 12.1 Å². The first-order valence-electron chi connectivity index (χ1n) is 7.77. The number of phenolic OH excluding ortho intramolecular Hbond substituents is 1. The van der Waals surface area contributed by atoms with E-state index in [1.807, 2.05) is 6.92 Å². The minimum Gasteiger partial charge on any atom is -0.507 e. The average molecular weight is 356 g/mol. The number of nitrogens with zero attached hydrogens (tertiary/aromatic N) is 1. The van der Waals surface area contributed by atoms with Crippen molar-refractivity contribution in [2.24, 2.45) is 0 Å². The molecular formula is C18H16N2O6. The summed E-state index contributed by atoms with van der Waals surface area (Å²) in [6.45, 7) is 1.82. The second-order valence-corrected chi connectivity index (χ2v) is 6.00. The number of amides is 2. The monoisotopic (exact) mass is 356 g/mol. The third-order valence-corrected chi connectivity index (χ3v) is 4.10. The largest absolute Gasteiger partial charge is 0.507 e. The van der Waals surface area contributed by atoms with E-state index in [0.29, 0.717) is 5.69 Å². The molecule has 1 atom stereocenters. The third kappa shape index (κ3) is 3.04. The molecule has 1 aliphatic rings. The van der Waals surface area contributed by atoms with E-state index in [4.69, 9.17) is 5.11 Å². The van der Waals surface area contributed by atoms with Gasteiger partial charge in [0.05, 0.1) is 17.8 Å². The summed E-state index contributed by atoms with van der Waals surface area (Å²) in [6, 6.07) is 7.44. The summed E-state index contributed by atoms with van der Waals surface area (Å²) in [4.78, 5) is 36.7. The van der Waals surface area contributed by atoms with Gasteiger partial charge in [0, 0.05) is 6.07 Å². The number of aromatic carboxylic acids is 1. The summed E-state index contributed by atoms with van der Waals surface area (Å²) in [5.41, 5.74) is 0.961. The Morgan fingerprint density at radius 1 is 1.12 bits per heavy atom. The molecule has 1 unspecified atom stereocenters. The Balaban J connectivity index is 1.86. The maximum absolute atomic E-state index is 12.6. The molecule has 1 saturated heterocycles. The molecule has 0 bridgehead atoms. The van der Waals surface area contributed by atoms with Crippen LogP contribution in [0.5, 0.6) is 11.5 Å². The Morgan fingerprint density at radius 3 is 2.50 bits per heavy atom. The number of carboxylic acids is 1. The van der Waals surface area contributed by atoms with Gasteiger partial charge in [0.1, 0.15) is 23.1 Å². The molecule has 2 aromatic carbocycles. The maximum Gasteiger partial charge on any atom is 0.339 e. The van der Waals surface area contributed by atoms with Crippen molar-refractivity contribution in [2.45, 2.75) is 19.4 Å². The fraction of sp³-hybridized carbons (Fsp3) is 0.167. The van der Waals surface area contributed by atoms with Crippen molar-refractivity contribution in [3.63, 3.8) is 0 Å². The first kappa shape index (κ1) is 17.3. The number of imide groups is 1. The van der Waals surface area contributed by atoms with Crippen LogP contribution < -0.4 is 10.2 Å². The van der Waals surface area contributed by atoms with Gasteiger partial charge in [-0.2, -0.15) is 0 Å². The fourth-order valence-corrected chi connectivity index (χ4v) is 2.81. The summed E-state index contributed by atoms with van der Waals surface area (Å²) in [7, 11) is 0. The minimum atomic E-state index is -1.32. The van der Waals surface area contributed by atoms with Crippen LogP contribution in [-0.2, 0) is 9.59 Å². The van der Waals surface area contributed by atoms with Crippen molar-refractivity contribution in [1.82, 2.24) is 0 Å². The minimum absolute atomic E-state index is 0.0437. The molecule has 4 N–H and O–H groups in total. The average Bonchev–Trinajstić information content (AvgIpc) is 2.84. The van der Waals surface area contributed by atoms with Crippen molar-refractivity contribution in [2.75, 3.05) is 10.2 Å². The number of carboxylic acid groups (broad SMARTS) is 1. The highest BCUT2D eigenvalue weighted by atomic mass is 16.4. The predicted molar refractivity (Wildman–Crippen MR) is 92.4 cm³/mol. The quantitative estimate of drug-likeness (QED) is 0.486. The molecule has 3 rings (SSSR count). The van der Waals surface area contributed by atoms with Crippen molar-refractivity contribution in [3.8, 4) is 11.5 Å². The van der Waals surface area contributed by atoms with Crippen LogP contribution in [0.15, 0.2) is 36.4 Å². The summed E-state index contributed by atoms with van der Waals surface area (Å²) in [6.07, 6.45) is -0.131. The van der Waals surface area contributed by atoms with E-state index < -0.39 is 29.6 Å². The first-order chi connectivity index (χ1) is 12.3. The van der Waals surface area contributed by atoms with E-state index in [0.717, 1.165) is 22.6 Å². The highest BCUT2D eigenvalue weighted by Gasteiger charge is 2.40. The van der Waals surface area contributed by atoms with E-state index in [-0.39, 0.29) is 23.4 Å². The number of aryl methyl sites for hydroxylation is 1. The summed E-state index contributed by atoms with van der Waals surface area (Å²) in [5, 5.41) is 31.5. The first-order valence-corrected chi connectivity index (χ1v) is 7.77. The molecule has 134 valence electrons. The van der Waals surface area contributed by atoms with Gasteiger partial charge in [-0.1, -0.05) is 6.07 Å². The van der Waals surface area contributed by atoms with E-state index in [2.05, 4.69) is 5.32 Å². The molecule has 0 aromatic heterocycles. The van der Waals surface area contributed by atoms with Gasteiger partial charge >= 0.3 is 5.97 Å². The Bertz CT molecular complexity index is 924. The van der Waals surface area contributed by atoms with Crippen LogP contribution in [0.1, 0.15) is 22.3 Å². The lowest BCUT2D eigenvalue weighted by Gasteiger charge is -2.17. The number of hydrogen-bond acceptors (Lipinski definition) is 6. The number of aromatic hydroxyl groups is 2. The van der Waals surface area contributed by atoms with Crippen molar-refractivity contribution in [1.29, 1.82) is 0 Å². The van der Waals surface area contributed by atoms with Crippen LogP contribution in [0, 0.1) is 6.92 Å².